The molecule has 2 aliphatic heterocycles. The van der Waals surface area contributed by atoms with Crippen LogP contribution in [0.15, 0.2) is 11.6 Å². The summed E-state index contributed by atoms with van der Waals surface area (Å²) in [5.74, 6) is 0.711. The van der Waals surface area contributed by atoms with Gasteiger partial charge < -0.3 is 4.90 Å². The fourth-order valence-electron chi connectivity index (χ4n) is 2.10. The van der Waals surface area contributed by atoms with Gasteiger partial charge in [0.1, 0.15) is 0 Å². The number of nitriles is 1. The van der Waals surface area contributed by atoms with Crippen molar-refractivity contribution in [2.75, 3.05) is 19.6 Å². The monoisotopic (exact) mass is 148 g/mol. The van der Waals surface area contributed by atoms with Crippen molar-refractivity contribution in [2.45, 2.75) is 12.8 Å². The van der Waals surface area contributed by atoms with Crippen molar-refractivity contribution in [1.29, 1.82) is 5.26 Å². The Morgan fingerprint density at radius 1 is 1.55 bits per heavy atom. The van der Waals surface area contributed by atoms with Crippen LogP contribution in [0.3, 0.4) is 0 Å². The summed E-state index contributed by atoms with van der Waals surface area (Å²) in [7, 11) is 0. The minimum Gasteiger partial charge on any atom is -0.302 e. The Morgan fingerprint density at radius 2 is 2.45 bits per heavy atom. The number of hydrogen-bond donors (Lipinski definition) is 0. The van der Waals surface area contributed by atoms with E-state index in [9.17, 15) is 0 Å². The largest absolute Gasteiger partial charge is 0.302 e. The number of allylic oxidation sites excluding steroid dienone is 1. The first-order chi connectivity index (χ1) is 5.40. The molecule has 2 saturated heterocycles. The zero-order valence-corrected chi connectivity index (χ0v) is 6.58. The van der Waals surface area contributed by atoms with Crippen LogP contribution < -0.4 is 0 Å². The highest BCUT2D eigenvalue weighted by atomic mass is 15.2. The van der Waals surface area contributed by atoms with Crippen molar-refractivity contribution in [2.24, 2.45) is 5.92 Å². The smallest absolute Gasteiger partial charge is 0.0911 e. The van der Waals surface area contributed by atoms with E-state index < -0.39 is 0 Å². The van der Waals surface area contributed by atoms with Crippen LogP contribution in [0, 0.1) is 17.2 Å². The van der Waals surface area contributed by atoms with Gasteiger partial charge >= 0.3 is 0 Å². The average Bonchev–Trinajstić information content (AvgIpc) is 2.40. The SMILES string of the molecule is N#C/C=C1/CCN2CCC1C2. The third kappa shape index (κ3) is 1.17. The van der Waals surface area contributed by atoms with Gasteiger partial charge in [0.25, 0.3) is 0 Å². The molecular formula is C9H12N2. The van der Waals surface area contributed by atoms with E-state index in [0.717, 1.165) is 6.42 Å². The lowest BCUT2D eigenvalue weighted by Crippen LogP contribution is -2.27. The quantitative estimate of drug-likeness (QED) is 0.482. The maximum Gasteiger partial charge on any atom is 0.0911 e. The average molecular weight is 148 g/mol. The Labute approximate surface area is 67.1 Å². The number of nitrogens with zero attached hydrogens (tertiary/aromatic N) is 2. The molecule has 2 atom stereocenters. The minimum atomic E-state index is 0.711. The van der Waals surface area contributed by atoms with Gasteiger partial charge in [-0.15, -0.1) is 0 Å². The second-order valence-electron chi connectivity index (χ2n) is 3.38. The van der Waals surface area contributed by atoms with Gasteiger partial charge in [-0.1, -0.05) is 5.57 Å². The van der Waals surface area contributed by atoms with Crippen molar-refractivity contribution in [3.63, 3.8) is 0 Å². The molecule has 58 valence electrons. The normalized spacial score (nSPS) is 39.0. The van der Waals surface area contributed by atoms with E-state index in [0.29, 0.717) is 5.92 Å². The topological polar surface area (TPSA) is 27.0 Å². The zero-order valence-electron chi connectivity index (χ0n) is 6.58. The van der Waals surface area contributed by atoms with Crippen molar-refractivity contribution in [1.82, 2.24) is 4.90 Å². The molecule has 0 aromatic heterocycles. The molecule has 2 rings (SSSR count). The summed E-state index contributed by atoms with van der Waals surface area (Å²) < 4.78 is 0. The molecule has 0 aromatic rings. The molecule has 2 unspecified atom stereocenters. The van der Waals surface area contributed by atoms with Crippen molar-refractivity contribution in [3.05, 3.63) is 11.6 Å². The molecule has 2 bridgehead atoms. The van der Waals surface area contributed by atoms with Crippen LogP contribution in [0.25, 0.3) is 0 Å². The van der Waals surface area contributed by atoms with E-state index in [1.165, 1.54) is 31.6 Å². The van der Waals surface area contributed by atoms with Gasteiger partial charge in [0.05, 0.1) is 6.07 Å². The maximum atomic E-state index is 8.51. The summed E-state index contributed by atoms with van der Waals surface area (Å²) in [5.41, 5.74) is 1.39. The highest BCUT2D eigenvalue weighted by molar-refractivity contribution is 5.20. The molecule has 0 spiro atoms. The zero-order chi connectivity index (χ0) is 7.68. The summed E-state index contributed by atoms with van der Waals surface area (Å²) in [4.78, 5) is 2.49. The fraction of sp³-hybridized carbons (Fsp3) is 0.667. The van der Waals surface area contributed by atoms with E-state index >= 15 is 0 Å². The predicted molar refractivity (Wildman–Crippen MR) is 42.9 cm³/mol. The molecule has 2 aliphatic rings. The molecule has 0 aromatic carbocycles. The highest BCUT2D eigenvalue weighted by Gasteiger charge is 2.29. The molecule has 2 nitrogen and oxygen atoms in total. The number of fused-ring (bicyclic) bond motifs is 2. The molecule has 0 amide bonds. The molecule has 0 N–H and O–H groups in total. The van der Waals surface area contributed by atoms with E-state index in [4.69, 9.17) is 5.26 Å². The second-order valence-corrected chi connectivity index (χ2v) is 3.38. The molecule has 2 heterocycles. The molecule has 2 fully saturated rings. The van der Waals surface area contributed by atoms with Gasteiger partial charge in [-0.05, 0) is 25.3 Å². The predicted octanol–water partition coefficient (Wildman–Crippen LogP) is 1.16. The lowest BCUT2D eigenvalue weighted by atomic mass is 9.93. The van der Waals surface area contributed by atoms with E-state index in [2.05, 4.69) is 11.0 Å². The van der Waals surface area contributed by atoms with Crippen LogP contribution in [0.4, 0.5) is 0 Å². The first kappa shape index (κ1) is 6.87. The molecule has 0 saturated carbocycles. The van der Waals surface area contributed by atoms with Crippen LogP contribution >= 0.6 is 0 Å². The van der Waals surface area contributed by atoms with Crippen LogP contribution in [0.1, 0.15) is 12.8 Å². The van der Waals surface area contributed by atoms with Crippen LogP contribution in [0.5, 0.6) is 0 Å². The maximum absolute atomic E-state index is 8.51. The standard InChI is InChI=1S/C9H12N2/c10-4-1-8-2-5-11-6-3-9(8)7-11/h1,9H,2-3,5-7H2/b8-1-. The summed E-state index contributed by atoms with van der Waals surface area (Å²) in [6.07, 6.45) is 4.15. The third-order valence-corrected chi connectivity index (χ3v) is 2.76. The molecule has 2 heteroatoms. The van der Waals surface area contributed by atoms with Crippen LogP contribution in [-0.2, 0) is 0 Å². The Kier molecular flexibility index (Phi) is 1.67. The Morgan fingerprint density at radius 3 is 3.27 bits per heavy atom. The first-order valence-corrected chi connectivity index (χ1v) is 4.21. The Balaban J connectivity index is 2.14. The Hall–Kier alpha value is -0.810. The number of rotatable bonds is 0. The number of hydrogen-bond acceptors (Lipinski definition) is 2. The summed E-state index contributed by atoms with van der Waals surface area (Å²) in [5, 5.41) is 8.51. The van der Waals surface area contributed by atoms with E-state index in [-0.39, 0.29) is 0 Å². The summed E-state index contributed by atoms with van der Waals surface area (Å²) in [6.45, 7) is 3.62. The van der Waals surface area contributed by atoms with E-state index in [1.54, 1.807) is 6.08 Å². The van der Waals surface area contributed by atoms with Crippen LogP contribution in [-0.4, -0.2) is 24.5 Å². The van der Waals surface area contributed by atoms with Gasteiger partial charge in [-0.3, -0.25) is 0 Å². The lowest BCUT2D eigenvalue weighted by molar-refractivity contribution is 0.307. The molecular weight excluding hydrogens is 136 g/mol. The van der Waals surface area contributed by atoms with Gasteiger partial charge in [0.2, 0.25) is 0 Å². The molecule has 0 aliphatic carbocycles. The van der Waals surface area contributed by atoms with Gasteiger partial charge in [0, 0.05) is 19.2 Å². The van der Waals surface area contributed by atoms with Crippen molar-refractivity contribution in [3.8, 4) is 6.07 Å². The molecule has 11 heavy (non-hydrogen) atoms. The van der Waals surface area contributed by atoms with Crippen molar-refractivity contribution >= 4 is 0 Å². The van der Waals surface area contributed by atoms with Gasteiger partial charge in [0.15, 0.2) is 0 Å². The van der Waals surface area contributed by atoms with Crippen LogP contribution in [0.2, 0.25) is 0 Å². The van der Waals surface area contributed by atoms with Gasteiger partial charge in [-0.2, -0.15) is 5.26 Å². The summed E-state index contributed by atoms with van der Waals surface area (Å²) in [6, 6.07) is 2.14. The van der Waals surface area contributed by atoms with Gasteiger partial charge in [-0.25, -0.2) is 0 Å². The fourth-order valence-corrected chi connectivity index (χ4v) is 2.10. The highest BCUT2D eigenvalue weighted by Crippen LogP contribution is 2.30. The summed E-state index contributed by atoms with van der Waals surface area (Å²) >= 11 is 0. The molecule has 0 radical (unpaired) electrons. The lowest BCUT2D eigenvalue weighted by Gasteiger charge is -2.23. The first-order valence-electron chi connectivity index (χ1n) is 4.21. The van der Waals surface area contributed by atoms with E-state index in [1.807, 2.05) is 0 Å². The Bertz CT molecular complexity index is 224. The second kappa shape index (κ2) is 2.67. The minimum absolute atomic E-state index is 0.711. The van der Waals surface area contributed by atoms with Crippen molar-refractivity contribution < 1.29 is 0 Å². The number of piperidine rings is 1. The third-order valence-electron chi connectivity index (χ3n) is 2.76.